The normalized spacial score (nSPS) is 11.2. The molecule has 2 amide bonds. The Morgan fingerprint density at radius 2 is 1.58 bits per heavy atom. The molecule has 0 heterocycles. The molecule has 7 nitrogen and oxygen atoms in total. The highest BCUT2D eigenvalue weighted by atomic mass is 19.1. The molecule has 0 saturated carbocycles. The Morgan fingerprint density at radius 1 is 0.962 bits per heavy atom. The second-order valence-electron chi connectivity index (χ2n) is 5.20. The quantitative estimate of drug-likeness (QED) is 0.627. The van der Waals surface area contributed by atoms with E-state index in [9.17, 15) is 18.8 Å². The second kappa shape index (κ2) is 8.61. The Hall–Kier alpha value is -3.42. The molecule has 136 valence electrons. The molecule has 1 atom stereocenters. The van der Waals surface area contributed by atoms with E-state index < -0.39 is 29.7 Å². The lowest BCUT2D eigenvalue weighted by Crippen LogP contribution is -2.47. The topological polar surface area (TPSA) is 93.7 Å². The molecule has 26 heavy (non-hydrogen) atoms. The number of ether oxygens (including phenoxy) is 2. The van der Waals surface area contributed by atoms with E-state index in [1.165, 1.54) is 56.5 Å². The molecule has 0 aliphatic heterocycles. The van der Waals surface area contributed by atoms with Crippen LogP contribution in [0.15, 0.2) is 48.5 Å². The van der Waals surface area contributed by atoms with Crippen molar-refractivity contribution in [1.82, 2.24) is 10.9 Å². The van der Waals surface area contributed by atoms with Gasteiger partial charge in [0.15, 0.2) is 17.7 Å². The Bertz CT molecular complexity index is 807. The van der Waals surface area contributed by atoms with Crippen molar-refractivity contribution in [3.8, 4) is 5.75 Å². The summed E-state index contributed by atoms with van der Waals surface area (Å²) in [4.78, 5) is 35.3. The summed E-state index contributed by atoms with van der Waals surface area (Å²) in [5.41, 5.74) is 4.92. The molecular weight excluding hydrogens is 343 g/mol. The van der Waals surface area contributed by atoms with Gasteiger partial charge in [-0.1, -0.05) is 12.1 Å². The first-order valence-electron chi connectivity index (χ1n) is 7.62. The molecule has 0 aliphatic carbocycles. The van der Waals surface area contributed by atoms with Crippen LogP contribution >= 0.6 is 0 Å². The monoisotopic (exact) mass is 360 g/mol. The molecule has 0 aromatic heterocycles. The average Bonchev–Trinajstić information content (AvgIpc) is 2.67. The van der Waals surface area contributed by atoms with Gasteiger partial charge in [0.25, 0.3) is 11.8 Å². The molecule has 0 spiro atoms. The first-order chi connectivity index (χ1) is 12.4. The van der Waals surface area contributed by atoms with E-state index in [0.29, 0.717) is 5.56 Å². The third kappa shape index (κ3) is 4.79. The molecule has 8 heteroatoms. The summed E-state index contributed by atoms with van der Waals surface area (Å²) in [7, 11) is 1.25. The van der Waals surface area contributed by atoms with Crippen LogP contribution in [0.2, 0.25) is 0 Å². The van der Waals surface area contributed by atoms with Gasteiger partial charge in [0.1, 0.15) is 0 Å². The predicted octanol–water partition coefficient (Wildman–Crippen LogP) is 1.84. The number of hydrazine groups is 1. The van der Waals surface area contributed by atoms with Gasteiger partial charge in [-0.05, 0) is 43.3 Å². The summed E-state index contributed by atoms with van der Waals surface area (Å²) in [6.07, 6.45) is -1.03. The number of nitrogens with one attached hydrogen (secondary N) is 2. The van der Waals surface area contributed by atoms with E-state index in [2.05, 4.69) is 15.6 Å². The van der Waals surface area contributed by atoms with Crippen LogP contribution in [0.25, 0.3) is 0 Å². The minimum Gasteiger partial charge on any atom is -0.478 e. The summed E-state index contributed by atoms with van der Waals surface area (Å²) in [6, 6.07) is 11.3. The van der Waals surface area contributed by atoms with Crippen molar-refractivity contribution in [2.24, 2.45) is 0 Å². The van der Waals surface area contributed by atoms with Crippen LogP contribution in [-0.4, -0.2) is 31.0 Å². The first-order valence-corrected chi connectivity index (χ1v) is 7.62. The van der Waals surface area contributed by atoms with Gasteiger partial charge in [-0.15, -0.1) is 0 Å². The third-order valence-corrected chi connectivity index (χ3v) is 3.38. The van der Waals surface area contributed by atoms with Crippen molar-refractivity contribution >= 4 is 17.8 Å². The van der Waals surface area contributed by atoms with Gasteiger partial charge in [0.05, 0.1) is 12.7 Å². The molecule has 0 saturated heterocycles. The largest absolute Gasteiger partial charge is 0.478 e. The van der Waals surface area contributed by atoms with Crippen molar-refractivity contribution in [1.29, 1.82) is 0 Å². The number of carbonyl (C=O) groups is 3. The van der Waals surface area contributed by atoms with Crippen LogP contribution in [-0.2, 0) is 9.53 Å². The molecule has 0 bridgehead atoms. The number of hydrogen-bond donors (Lipinski definition) is 2. The van der Waals surface area contributed by atoms with Crippen LogP contribution in [0.4, 0.5) is 4.39 Å². The fraction of sp³-hybridized carbons (Fsp3) is 0.167. The zero-order valence-corrected chi connectivity index (χ0v) is 14.1. The van der Waals surface area contributed by atoms with Gasteiger partial charge in [-0.25, -0.2) is 9.18 Å². The third-order valence-electron chi connectivity index (χ3n) is 3.38. The lowest BCUT2D eigenvalue weighted by Gasteiger charge is -2.15. The van der Waals surface area contributed by atoms with Crippen molar-refractivity contribution in [2.45, 2.75) is 13.0 Å². The fourth-order valence-electron chi connectivity index (χ4n) is 1.95. The van der Waals surface area contributed by atoms with E-state index in [1.54, 1.807) is 6.07 Å². The highest BCUT2D eigenvalue weighted by Crippen LogP contribution is 2.16. The summed E-state index contributed by atoms with van der Waals surface area (Å²) in [5.74, 6) is -2.44. The number of para-hydroxylation sites is 1. The number of amides is 2. The molecule has 2 N–H and O–H groups in total. The number of carbonyl (C=O) groups excluding carboxylic acids is 3. The Morgan fingerprint density at radius 3 is 2.19 bits per heavy atom. The molecule has 0 fully saturated rings. The average molecular weight is 360 g/mol. The predicted molar refractivity (Wildman–Crippen MR) is 89.9 cm³/mol. The summed E-state index contributed by atoms with van der Waals surface area (Å²) < 4.78 is 23.3. The number of halogens is 1. The Labute approximate surface area is 149 Å². The van der Waals surface area contributed by atoms with E-state index in [4.69, 9.17) is 4.74 Å². The number of hydrogen-bond acceptors (Lipinski definition) is 5. The lowest BCUT2D eigenvalue weighted by molar-refractivity contribution is -0.128. The SMILES string of the molecule is COC(=O)c1ccc(C(=O)NNC(=O)[C@H](C)Oc2ccccc2F)cc1. The highest BCUT2D eigenvalue weighted by Gasteiger charge is 2.17. The molecule has 0 aliphatic rings. The van der Waals surface area contributed by atoms with Crippen molar-refractivity contribution in [2.75, 3.05) is 7.11 Å². The molecule has 0 radical (unpaired) electrons. The fourth-order valence-corrected chi connectivity index (χ4v) is 1.95. The van der Waals surface area contributed by atoms with Gasteiger partial charge < -0.3 is 9.47 Å². The van der Waals surface area contributed by atoms with Crippen molar-refractivity contribution < 1.29 is 28.2 Å². The maximum atomic E-state index is 13.5. The minimum atomic E-state index is -1.03. The van der Waals surface area contributed by atoms with E-state index in [1.807, 2.05) is 0 Å². The van der Waals surface area contributed by atoms with Gasteiger partial charge in [-0.2, -0.15) is 0 Å². The maximum Gasteiger partial charge on any atom is 0.337 e. The molecule has 2 aromatic carbocycles. The van der Waals surface area contributed by atoms with Crippen LogP contribution in [0.1, 0.15) is 27.6 Å². The number of rotatable bonds is 5. The highest BCUT2D eigenvalue weighted by molar-refractivity contribution is 5.97. The van der Waals surface area contributed by atoms with Crippen molar-refractivity contribution in [3.63, 3.8) is 0 Å². The maximum absolute atomic E-state index is 13.5. The molecule has 0 unspecified atom stereocenters. The summed E-state index contributed by atoms with van der Waals surface area (Å²) >= 11 is 0. The first kappa shape index (κ1) is 18.9. The smallest absolute Gasteiger partial charge is 0.337 e. The second-order valence-corrected chi connectivity index (χ2v) is 5.20. The van der Waals surface area contributed by atoms with Crippen LogP contribution in [0, 0.1) is 5.82 Å². The van der Waals surface area contributed by atoms with Gasteiger partial charge in [-0.3, -0.25) is 20.4 Å². The minimum absolute atomic E-state index is 0.0696. The van der Waals surface area contributed by atoms with E-state index in [0.717, 1.165) is 0 Å². The van der Waals surface area contributed by atoms with Crippen LogP contribution < -0.4 is 15.6 Å². The number of benzene rings is 2. The van der Waals surface area contributed by atoms with Crippen molar-refractivity contribution in [3.05, 3.63) is 65.5 Å². The lowest BCUT2D eigenvalue weighted by atomic mass is 10.1. The standard InChI is InChI=1S/C18H17FN2O5/c1-11(26-15-6-4-3-5-14(15)19)16(22)20-21-17(23)12-7-9-13(10-8-12)18(24)25-2/h3-11H,1-2H3,(H,20,22)(H,21,23)/t11-/m0/s1. The Balaban J connectivity index is 1.89. The van der Waals surface area contributed by atoms with Gasteiger partial charge in [0, 0.05) is 5.56 Å². The van der Waals surface area contributed by atoms with Crippen LogP contribution in [0.3, 0.4) is 0 Å². The zero-order chi connectivity index (χ0) is 19.1. The zero-order valence-electron chi connectivity index (χ0n) is 14.1. The van der Waals surface area contributed by atoms with Crippen LogP contribution in [0.5, 0.6) is 5.75 Å². The summed E-state index contributed by atoms with van der Waals surface area (Å²) in [6.45, 7) is 1.42. The van der Waals surface area contributed by atoms with Gasteiger partial charge in [0.2, 0.25) is 0 Å². The summed E-state index contributed by atoms with van der Waals surface area (Å²) in [5, 5.41) is 0. The number of esters is 1. The van der Waals surface area contributed by atoms with Gasteiger partial charge >= 0.3 is 5.97 Å². The molecule has 2 aromatic rings. The number of methoxy groups -OCH3 is 1. The molecule has 2 rings (SSSR count). The van der Waals surface area contributed by atoms with E-state index in [-0.39, 0.29) is 11.3 Å². The van der Waals surface area contributed by atoms with E-state index >= 15 is 0 Å². The Kier molecular flexibility index (Phi) is 6.26. The molecular formula is C18H17FN2O5.